The maximum atomic E-state index is 12.6. The SMILES string of the molecule is COCCOCCNc1ccc(N)c(C(F)(F)F)c1. The largest absolute Gasteiger partial charge is 0.418 e. The molecule has 0 aliphatic rings. The molecule has 0 spiro atoms. The Labute approximate surface area is 109 Å². The molecule has 0 fully saturated rings. The monoisotopic (exact) mass is 278 g/mol. The van der Waals surface area contributed by atoms with E-state index in [1.165, 1.54) is 12.1 Å². The van der Waals surface area contributed by atoms with E-state index >= 15 is 0 Å². The van der Waals surface area contributed by atoms with E-state index in [9.17, 15) is 13.2 Å². The number of benzene rings is 1. The molecule has 108 valence electrons. The average Bonchev–Trinajstić information content (AvgIpc) is 2.34. The molecule has 0 aliphatic heterocycles. The van der Waals surface area contributed by atoms with Crippen LogP contribution in [0.3, 0.4) is 0 Å². The molecule has 7 heteroatoms. The van der Waals surface area contributed by atoms with Crippen molar-refractivity contribution in [1.82, 2.24) is 0 Å². The number of hydrogen-bond donors (Lipinski definition) is 2. The minimum absolute atomic E-state index is 0.283. The summed E-state index contributed by atoms with van der Waals surface area (Å²) in [6.45, 7) is 1.73. The Hall–Kier alpha value is -1.47. The molecule has 0 bridgehead atoms. The van der Waals surface area contributed by atoms with Gasteiger partial charge in [0.15, 0.2) is 0 Å². The van der Waals surface area contributed by atoms with Gasteiger partial charge in [-0.05, 0) is 18.2 Å². The quantitative estimate of drug-likeness (QED) is 0.594. The standard InChI is InChI=1S/C12H17F3N2O2/c1-18-6-7-19-5-4-17-9-2-3-11(16)10(8-9)12(13,14)15/h2-3,8,17H,4-7,16H2,1H3. The molecule has 0 aromatic heterocycles. The van der Waals surface area contributed by atoms with Crippen molar-refractivity contribution in [3.05, 3.63) is 23.8 Å². The third-order valence-corrected chi connectivity index (χ3v) is 2.37. The lowest BCUT2D eigenvalue weighted by atomic mass is 10.1. The van der Waals surface area contributed by atoms with Crippen LogP contribution in [0.5, 0.6) is 0 Å². The second kappa shape index (κ2) is 7.20. The van der Waals surface area contributed by atoms with E-state index in [4.69, 9.17) is 15.2 Å². The van der Waals surface area contributed by atoms with Crippen molar-refractivity contribution in [1.29, 1.82) is 0 Å². The first kappa shape index (κ1) is 15.6. The molecular formula is C12H17F3N2O2. The predicted molar refractivity (Wildman–Crippen MR) is 67.0 cm³/mol. The lowest BCUT2D eigenvalue weighted by Crippen LogP contribution is -2.13. The predicted octanol–water partition coefficient (Wildman–Crippen LogP) is 2.36. The third kappa shape index (κ3) is 5.35. The Kier molecular flexibility index (Phi) is 5.91. The van der Waals surface area contributed by atoms with E-state index in [-0.39, 0.29) is 5.69 Å². The lowest BCUT2D eigenvalue weighted by Gasteiger charge is -2.13. The van der Waals surface area contributed by atoms with E-state index < -0.39 is 11.7 Å². The first-order valence-electron chi connectivity index (χ1n) is 5.72. The van der Waals surface area contributed by atoms with Crippen LogP contribution in [0.15, 0.2) is 18.2 Å². The Balaban J connectivity index is 2.47. The second-order valence-corrected chi connectivity index (χ2v) is 3.83. The molecule has 0 amide bonds. The normalized spacial score (nSPS) is 11.6. The Bertz CT molecular complexity index is 397. The Morgan fingerprint density at radius 2 is 1.95 bits per heavy atom. The van der Waals surface area contributed by atoms with Gasteiger partial charge in [-0.15, -0.1) is 0 Å². The summed E-state index contributed by atoms with van der Waals surface area (Å²) in [6, 6.07) is 3.72. The maximum absolute atomic E-state index is 12.6. The molecule has 3 N–H and O–H groups in total. The van der Waals surface area contributed by atoms with Crippen molar-refractivity contribution in [2.45, 2.75) is 6.18 Å². The van der Waals surface area contributed by atoms with Crippen molar-refractivity contribution in [2.75, 3.05) is 44.5 Å². The summed E-state index contributed by atoms with van der Waals surface area (Å²) in [6.07, 6.45) is -4.45. The number of anilines is 2. The van der Waals surface area contributed by atoms with Gasteiger partial charge in [-0.2, -0.15) is 13.2 Å². The van der Waals surface area contributed by atoms with Crippen LogP contribution in [0.1, 0.15) is 5.56 Å². The molecule has 0 saturated heterocycles. The molecule has 19 heavy (non-hydrogen) atoms. The minimum atomic E-state index is -4.45. The van der Waals surface area contributed by atoms with Gasteiger partial charge in [0.05, 0.1) is 25.4 Å². The highest BCUT2D eigenvalue weighted by atomic mass is 19.4. The number of hydrogen-bond acceptors (Lipinski definition) is 4. The molecular weight excluding hydrogens is 261 g/mol. The van der Waals surface area contributed by atoms with E-state index in [1.807, 2.05) is 0 Å². The van der Waals surface area contributed by atoms with E-state index in [0.29, 0.717) is 32.1 Å². The van der Waals surface area contributed by atoms with Crippen LogP contribution in [-0.2, 0) is 15.7 Å². The molecule has 0 atom stereocenters. The van der Waals surface area contributed by atoms with Gasteiger partial charge in [-0.1, -0.05) is 0 Å². The molecule has 0 unspecified atom stereocenters. The van der Waals surface area contributed by atoms with Crippen LogP contribution in [0, 0.1) is 0 Å². The number of nitrogens with two attached hydrogens (primary N) is 1. The van der Waals surface area contributed by atoms with Crippen molar-refractivity contribution >= 4 is 11.4 Å². The molecule has 0 saturated carbocycles. The average molecular weight is 278 g/mol. The smallest absolute Gasteiger partial charge is 0.398 e. The van der Waals surface area contributed by atoms with Gasteiger partial charge in [-0.25, -0.2) is 0 Å². The molecule has 4 nitrogen and oxygen atoms in total. The van der Waals surface area contributed by atoms with Gasteiger partial charge in [0, 0.05) is 25.0 Å². The zero-order valence-corrected chi connectivity index (χ0v) is 10.6. The first-order valence-corrected chi connectivity index (χ1v) is 5.72. The van der Waals surface area contributed by atoms with Crippen molar-refractivity contribution in [3.63, 3.8) is 0 Å². The lowest BCUT2D eigenvalue weighted by molar-refractivity contribution is -0.136. The number of rotatable bonds is 7. The van der Waals surface area contributed by atoms with Crippen LogP contribution in [0.4, 0.5) is 24.5 Å². The minimum Gasteiger partial charge on any atom is -0.398 e. The van der Waals surface area contributed by atoms with Crippen LogP contribution in [-0.4, -0.2) is 33.5 Å². The highest BCUT2D eigenvalue weighted by Crippen LogP contribution is 2.34. The van der Waals surface area contributed by atoms with Crippen LogP contribution < -0.4 is 11.1 Å². The topological polar surface area (TPSA) is 56.5 Å². The van der Waals surface area contributed by atoms with Gasteiger partial charge in [-0.3, -0.25) is 0 Å². The highest BCUT2D eigenvalue weighted by molar-refractivity contribution is 5.58. The van der Waals surface area contributed by atoms with Gasteiger partial charge in [0.1, 0.15) is 0 Å². The summed E-state index contributed by atoms with van der Waals surface area (Å²) >= 11 is 0. The van der Waals surface area contributed by atoms with E-state index in [2.05, 4.69) is 5.32 Å². The zero-order valence-electron chi connectivity index (χ0n) is 10.6. The number of halogens is 3. The number of methoxy groups -OCH3 is 1. The summed E-state index contributed by atoms with van der Waals surface area (Å²) in [7, 11) is 1.56. The fourth-order valence-electron chi connectivity index (χ4n) is 1.42. The molecule has 1 aromatic carbocycles. The molecule has 0 radical (unpaired) electrons. The van der Waals surface area contributed by atoms with Gasteiger partial charge < -0.3 is 20.5 Å². The number of ether oxygens (including phenoxy) is 2. The summed E-state index contributed by atoms with van der Waals surface area (Å²) in [5, 5.41) is 2.84. The van der Waals surface area contributed by atoms with Crippen LogP contribution in [0.2, 0.25) is 0 Å². The number of nitrogen functional groups attached to an aromatic ring is 1. The Morgan fingerprint density at radius 3 is 2.58 bits per heavy atom. The third-order valence-electron chi connectivity index (χ3n) is 2.37. The Morgan fingerprint density at radius 1 is 1.21 bits per heavy atom. The zero-order chi connectivity index (χ0) is 14.3. The van der Waals surface area contributed by atoms with Crippen molar-refractivity contribution in [2.24, 2.45) is 0 Å². The van der Waals surface area contributed by atoms with Gasteiger partial charge in [0.2, 0.25) is 0 Å². The fraction of sp³-hybridized carbons (Fsp3) is 0.500. The summed E-state index contributed by atoms with van der Waals surface area (Å²) < 4.78 is 47.8. The van der Waals surface area contributed by atoms with Crippen LogP contribution in [0.25, 0.3) is 0 Å². The maximum Gasteiger partial charge on any atom is 0.418 e. The highest BCUT2D eigenvalue weighted by Gasteiger charge is 2.33. The molecule has 0 aliphatic carbocycles. The molecule has 1 rings (SSSR count). The second-order valence-electron chi connectivity index (χ2n) is 3.83. The first-order chi connectivity index (χ1) is 8.95. The van der Waals surface area contributed by atoms with Gasteiger partial charge in [0.25, 0.3) is 0 Å². The summed E-state index contributed by atoms with van der Waals surface area (Å²) in [5.74, 6) is 0. The molecule has 1 aromatic rings. The van der Waals surface area contributed by atoms with Crippen LogP contribution >= 0.6 is 0 Å². The van der Waals surface area contributed by atoms with E-state index in [0.717, 1.165) is 6.07 Å². The molecule has 0 heterocycles. The summed E-state index contributed by atoms with van der Waals surface area (Å²) in [4.78, 5) is 0. The van der Waals surface area contributed by atoms with E-state index in [1.54, 1.807) is 7.11 Å². The number of alkyl halides is 3. The fourth-order valence-corrected chi connectivity index (χ4v) is 1.42. The van der Waals surface area contributed by atoms with Gasteiger partial charge >= 0.3 is 6.18 Å². The van der Waals surface area contributed by atoms with Crippen molar-refractivity contribution in [3.8, 4) is 0 Å². The summed E-state index contributed by atoms with van der Waals surface area (Å²) in [5.41, 5.74) is 4.54. The number of nitrogens with one attached hydrogen (secondary N) is 1. The van der Waals surface area contributed by atoms with Crippen molar-refractivity contribution < 1.29 is 22.6 Å².